The molecule has 2 nitrogen and oxygen atoms in total. The number of aryl methyl sites for hydroxylation is 1. The first-order valence-corrected chi connectivity index (χ1v) is 9.15. The van der Waals surface area contributed by atoms with Crippen molar-refractivity contribution in [3.05, 3.63) is 131 Å². The molecule has 0 unspecified atom stereocenters. The Morgan fingerprint density at radius 3 is 1.44 bits per heavy atom. The van der Waals surface area contributed by atoms with E-state index in [4.69, 9.17) is 9.15 Å². The SMILES string of the molecule is Cc1ccc(COC(c2ccccc2)(c2ccccc2)c2ccccc2)o1. The van der Waals surface area contributed by atoms with Crippen LogP contribution in [0.25, 0.3) is 0 Å². The Balaban J connectivity index is 1.88. The molecule has 0 aliphatic heterocycles. The maximum absolute atomic E-state index is 6.69. The minimum absolute atomic E-state index is 0.381. The van der Waals surface area contributed by atoms with E-state index in [9.17, 15) is 0 Å². The van der Waals surface area contributed by atoms with Crippen LogP contribution in [0.2, 0.25) is 0 Å². The van der Waals surface area contributed by atoms with Crippen LogP contribution in [0.5, 0.6) is 0 Å². The average Bonchev–Trinajstić information content (AvgIpc) is 3.16. The van der Waals surface area contributed by atoms with Gasteiger partial charge in [-0.05, 0) is 35.7 Å². The zero-order valence-corrected chi connectivity index (χ0v) is 15.3. The van der Waals surface area contributed by atoms with Crippen molar-refractivity contribution in [2.75, 3.05) is 0 Å². The van der Waals surface area contributed by atoms with E-state index in [1.165, 1.54) is 0 Å². The number of rotatable bonds is 6. The molecule has 0 aliphatic rings. The third-order valence-electron chi connectivity index (χ3n) is 4.77. The van der Waals surface area contributed by atoms with Crippen molar-refractivity contribution < 1.29 is 9.15 Å². The van der Waals surface area contributed by atoms with Gasteiger partial charge < -0.3 is 9.15 Å². The molecule has 1 aromatic heterocycles. The second-order valence-electron chi connectivity index (χ2n) is 6.58. The van der Waals surface area contributed by atoms with Gasteiger partial charge in [-0.1, -0.05) is 91.0 Å². The van der Waals surface area contributed by atoms with Crippen LogP contribution in [0.4, 0.5) is 0 Å². The second-order valence-corrected chi connectivity index (χ2v) is 6.58. The Kier molecular flexibility index (Phi) is 4.91. The van der Waals surface area contributed by atoms with E-state index in [0.29, 0.717) is 6.61 Å². The van der Waals surface area contributed by atoms with Gasteiger partial charge in [0.15, 0.2) is 0 Å². The van der Waals surface area contributed by atoms with Gasteiger partial charge >= 0.3 is 0 Å². The smallest absolute Gasteiger partial charge is 0.144 e. The van der Waals surface area contributed by atoms with Gasteiger partial charge in [0, 0.05) is 0 Å². The third kappa shape index (κ3) is 3.44. The van der Waals surface area contributed by atoms with E-state index in [-0.39, 0.29) is 0 Å². The molecular weight excluding hydrogens is 332 g/mol. The molecule has 134 valence electrons. The maximum atomic E-state index is 6.69. The normalized spacial score (nSPS) is 11.4. The van der Waals surface area contributed by atoms with E-state index >= 15 is 0 Å². The number of hydrogen-bond acceptors (Lipinski definition) is 2. The molecule has 2 heteroatoms. The average molecular weight is 354 g/mol. The van der Waals surface area contributed by atoms with E-state index in [2.05, 4.69) is 72.8 Å². The molecule has 4 rings (SSSR count). The molecule has 4 aromatic rings. The molecule has 27 heavy (non-hydrogen) atoms. The summed E-state index contributed by atoms with van der Waals surface area (Å²) in [4.78, 5) is 0. The van der Waals surface area contributed by atoms with Crippen LogP contribution in [0.1, 0.15) is 28.2 Å². The van der Waals surface area contributed by atoms with Crippen LogP contribution < -0.4 is 0 Å². The Morgan fingerprint density at radius 1 is 0.630 bits per heavy atom. The highest BCUT2D eigenvalue weighted by molar-refractivity contribution is 5.47. The Labute approximate surface area is 160 Å². The molecule has 0 bridgehead atoms. The van der Waals surface area contributed by atoms with Gasteiger partial charge in [-0.2, -0.15) is 0 Å². The molecule has 0 amide bonds. The fourth-order valence-corrected chi connectivity index (χ4v) is 3.51. The van der Waals surface area contributed by atoms with Crippen LogP contribution in [-0.4, -0.2) is 0 Å². The molecule has 0 fully saturated rings. The standard InChI is InChI=1S/C25H22O2/c1-20-17-18-24(27-20)19-26-25(21-11-5-2-6-12-21,22-13-7-3-8-14-22)23-15-9-4-10-16-23/h2-18H,19H2,1H3. The van der Waals surface area contributed by atoms with Crippen LogP contribution in [0.3, 0.4) is 0 Å². The lowest BCUT2D eigenvalue weighted by molar-refractivity contribution is -0.00816. The largest absolute Gasteiger partial charge is 0.464 e. The Bertz CT molecular complexity index is 876. The number of hydrogen-bond donors (Lipinski definition) is 0. The van der Waals surface area contributed by atoms with Crippen molar-refractivity contribution >= 4 is 0 Å². The lowest BCUT2D eigenvalue weighted by Crippen LogP contribution is -2.32. The first kappa shape index (κ1) is 17.3. The summed E-state index contributed by atoms with van der Waals surface area (Å²) >= 11 is 0. The molecule has 0 radical (unpaired) electrons. The van der Waals surface area contributed by atoms with Crippen molar-refractivity contribution in [1.82, 2.24) is 0 Å². The summed E-state index contributed by atoms with van der Waals surface area (Å²) in [5.74, 6) is 1.71. The first-order valence-electron chi connectivity index (χ1n) is 9.15. The van der Waals surface area contributed by atoms with E-state index in [0.717, 1.165) is 28.2 Å². The minimum atomic E-state index is -0.718. The predicted molar refractivity (Wildman–Crippen MR) is 107 cm³/mol. The van der Waals surface area contributed by atoms with E-state index in [1.54, 1.807) is 0 Å². The van der Waals surface area contributed by atoms with Gasteiger partial charge in [-0.3, -0.25) is 0 Å². The summed E-state index contributed by atoms with van der Waals surface area (Å²) in [6.07, 6.45) is 0. The van der Waals surface area contributed by atoms with Crippen molar-refractivity contribution in [2.24, 2.45) is 0 Å². The Morgan fingerprint density at radius 2 is 1.07 bits per heavy atom. The van der Waals surface area contributed by atoms with Gasteiger partial charge in [0.2, 0.25) is 0 Å². The summed E-state index contributed by atoms with van der Waals surface area (Å²) in [5.41, 5.74) is 2.55. The molecule has 3 aromatic carbocycles. The highest BCUT2D eigenvalue weighted by atomic mass is 16.5. The zero-order valence-electron chi connectivity index (χ0n) is 15.3. The molecule has 0 N–H and O–H groups in total. The highest BCUT2D eigenvalue weighted by Gasteiger charge is 2.37. The fourth-order valence-electron chi connectivity index (χ4n) is 3.51. The van der Waals surface area contributed by atoms with Crippen LogP contribution >= 0.6 is 0 Å². The number of ether oxygens (including phenoxy) is 1. The van der Waals surface area contributed by atoms with Crippen LogP contribution in [0.15, 0.2) is 108 Å². The first-order chi connectivity index (χ1) is 13.3. The number of furan rings is 1. The monoisotopic (exact) mass is 354 g/mol. The lowest BCUT2D eigenvalue weighted by Gasteiger charge is -2.35. The summed E-state index contributed by atoms with van der Waals surface area (Å²) in [6, 6.07) is 35.0. The molecule has 0 aliphatic carbocycles. The molecule has 0 spiro atoms. The highest BCUT2D eigenvalue weighted by Crippen LogP contribution is 2.41. The van der Waals surface area contributed by atoms with Gasteiger partial charge in [-0.25, -0.2) is 0 Å². The van der Waals surface area contributed by atoms with Gasteiger partial charge in [0.05, 0.1) is 0 Å². The summed E-state index contributed by atoms with van der Waals surface area (Å²) in [7, 11) is 0. The Hall–Kier alpha value is -3.10. The van der Waals surface area contributed by atoms with Crippen LogP contribution in [0, 0.1) is 6.92 Å². The predicted octanol–water partition coefficient (Wildman–Crippen LogP) is 6.10. The summed E-state index contributed by atoms with van der Waals surface area (Å²) < 4.78 is 12.5. The zero-order chi connectivity index (χ0) is 18.5. The van der Waals surface area contributed by atoms with Crippen molar-refractivity contribution in [3.8, 4) is 0 Å². The van der Waals surface area contributed by atoms with Gasteiger partial charge in [-0.15, -0.1) is 0 Å². The van der Waals surface area contributed by atoms with Gasteiger partial charge in [0.25, 0.3) is 0 Å². The number of benzene rings is 3. The van der Waals surface area contributed by atoms with Crippen molar-refractivity contribution in [1.29, 1.82) is 0 Å². The molecule has 0 saturated heterocycles. The summed E-state index contributed by atoms with van der Waals surface area (Å²) in [5, 5.41) is 0. The second kappa shape index (κ2) is 7.65. The van der Waals surface area contributed by atoms with Crippen molar-refractivity contribution in [3.63, 3.8) is 0 Å². The molecule has 1 heterocycles. The fraction of sp³-hybridized carbons (Fsp3) is 0.120. The lowest BCUT2D eigenvalue weighted by atomic mass is 9.80. The topological polar surface area (TPSA) is 22.4 Å². The van der Waals surface area contributed by atoms with Crippen LogP contribution in [-0.2, 0) is 16.9 Å². The molecule has 0 saturated carbocycles. The van der Waals surface area contributed by atoms with Crippen molar-refractivity contribution in [2.45, 2.75) is 19.1 Å². The van der Waals surface area contributed by atoms with E-state index in [1.807, 2.05) is 37.3 Å². The minimum Gasteiger partial charge on any atom is -0.464 e. The van der Waals surface area contributed by atoms with E-state index < -0.39 is 5.60 Å². The van der Waals surface area contributed by atoms with Gasteiger partial charge in [0.1, 0.15) is 23.7 Å². The maximum Gasteiger partial charge on any atom is 0.144 e. The summed E-state index contributed by atoms with van der Waals surface area (Å²) in [6.45, 7) is 2.33. The quantitative estimate of drug-likeness (QED) is 0.391. The molecular formula is C25H22O2. The third-order valence-corrected chi connectivity index (χ3v) is 4.77. The molecule has 0 atom stereocenters.